The van der Waals surface area contributed by atoms with Gasteiger partial charge in [-0.25, -0.2) is 4.98 Å². The molecule has 0 amide bonds. The van der Waals surface area contributed by atoms with Crippen LogP contribution >= 0.6 is 0 Å². The van der Waals surface area contributed by atoms with Crippen molar-refractivity contribution in [3.05, 3.63) is 115 Å². The largest absolute Gasteiger partial charge is 0.458 e. The van der Waals surface area contributed by atoms with Gasteiger partial charge in [-0.05, 0) is 28.8 Å². The molecule has 0 aliphatic heterocycles. The molecule has 5 aromatic rings. The molecule has 0 spiro atoms. The van der Waals surface area contributed by atoms with Crippen LogP contribution in [0.1, 0.15) is 17.4 Å². The van der Waals surface area contributed by atoms with E-state index in [1.807, 2.05) is 36.8 Å². The molecule has 1 unspecified atom stereocenters. The SMILES string of the molecule is c1ccc(-c2ccccc2C(c2cc3ccccc3o2)n2ccnc2)cc1. The molecule has 5 rings (SSSR count). The average Bonchev–Trinajstić information content (AvgIpc) is 3.39. The fourth-order valence-electron chi connectivity index (χ4n) is 3.64. The fraction of sp³-hybridized carbons (Fsp3) is 0.0417. The summed E-state index contributed by atoms with van der Waals surface area (Å²) in [7, 11) is 0. The predicted octanol–water partition coefficient (Wildman–Crippen LogP) is 5.93. The zero-order valence-electron chi connectivity index (χ0n) is 14.7. The third-order valence-electron chi connectivity index (χ3n) is 4.88. The van der Waals surface area contributed by atoms with Gasteiger partial charge >= 0.3 is 0 Å². The zero-order chi connectivity index (χ0) is 18.1. The lowest BCUT2D eigenvalue weighted by Gasteiger charge is -2.20. The Morgan fingerprint density at radius 3 is 2.41 bits per heavy atom. The summed E-state index contributed by atoms with van der Waals surface area (Å²) < 4.78 is 8.35. The molecule has 2 aromatic heterocycles. The van der Waals surface area contributed by atoms with E-state index in [0.717, 1.165) is 16.7 Å². The first-order chi connectivity index (χ1) is 13.4. The van der Waals surface area contributed by atoms with Crippen LogP contribution in [0.4, 0.5) is 0 Å². The van der Waals surface area contributed by atoms with Crippen LogP contribution in [0.5, 0.6) is 0 Å². The van der Waals surface area contributed by atoms with Gasteiger partial charge in [0.05, 0.1) is 6.33 Å². The molecular weight excluding hydrogens is 332 g/mol. The maximum atomic E-state index is 6.25. The Hall–Kier alpha value is -3.59. The Bertz CT molecular complexity index is 1140. The molecule has 0 N–H and O–H groups in total. The molecule has 2 heterocycles. The van der Waals surface area contributed by atoms with Gasteiger partial charge in [0.25, 0.3) is 0 Å². The van der Waals surface area contributed by atoms with Crippen LogP contribution in [-0.2, 0) is 0 Å². The van der Waals surface area contributed by atoms with Gasteiger partial charge in [0.2, 0.25) is 0 Å². The highest BCUT2D eigenvalue weighted by atomic mass is 16.3. The van der Waals surface area contributed by atoms with E-state index in [9.17, 15) is 0 Å². The third-order valence-corrected chi connectivity index (χ3v) is 4.88. The highest BCUT2D eigenvalue weighted by molar-refractivity contribution is 5.78. The van der Waals surface area contributed by atoms with Crippen molar-refractivity contribution in [1.82, 2.24) is 9.55 Å². The molecule has 3 nitrogen and oxygen atoms in total. The van der Waals surface area contributed by atoms with E-state index in [-0.39, 0.29) is 6.04 Å². The minimum atomic E-state index is -0.0868. The van der Waals surface area contributed by atoms with Crippen molar-refractivity contribution in [3.8, 4) is 11.1 Å². The quantitative estimate of drug-likeness (QED) is 0.402. The summed E-state index contributed by atoms with van der Waals surface area (Å²) in [4.78, 5) is 4.27. The number of benzene rings is 3. The van der Waals surface area contributed by atoms with E-state index < -0.39 is 0 Å². The van der Waals surface area contributed by atoms with Crippen molar-refractivity contribution in [2.45, 2.75) is 6.04 Å². The van der Waals surface area contributed by atoms with Gasteiger partial charge < -0.3 is 8.98 Å². The van der Waals surface area contributed by atoms with Crippen molar-refractivity contribution >= 4 is 11.0 Å². The topological polar surface area (TPSA) is 31.0 Å². The number of furan rings is 1. The smallest absolute Gasteiger partial charge is 0.134 e. The van der Waals surface area contributed by atoms with E-state index >= 15 is 0 Å². The van der Waals surface area contributed by atoms with Crippen LogP contribution in [-0.4, -0.2) is 9.55 Å². The number of imidazole rings is 1. The molecule has 3 aromatic carbocycles. The van der Waals surface area contributed by atoms with Crippen LogP contribution < -0.4 is 0 Å². The van der Waals surface area contributed by atoms with Crippen LogP contribution in [0.3, 0.4) is 0 Å². The van der Waals surface area contributed by atoms with Gasteiger partial charge in [-0.15, -0.1) is 0 Å². The summed E-state index contributed by atoms with van der Waals surface area (Å²) in [6.45, 7) is 0. The minimum absolute atomic E-state index is 0.0868. The molecule has 3 heteroatoms. The van der Waals surface area contributed by atoms with Gasteiger partial charge in [-0.1, -0.05) is 72.8 Å². The van der Waals surface area contributed by atoms with Crippen LogP contribution in [0.15, 0.2) is 108 Å². The van der Waals surface area contributed by atoms with Gasteiger partial charge in [-0.2, -0.15) is 0 Å². The number of hydrogen-bond donors (Lipinski definition) is 0. The zero-order valence-corrected chi connectivity index (χ0v) is 14.7. The van der Waals surface area contributed by atoms with Gasteiger partial charge in [0, 0.05) is 17.8 Å². The lowest BCUT2D eigenvalue weighted by Crippen LogP contribution is -2.11. The van der Waals surface area contributed by atoms with Gasteiger partial charge in [0.15, 0.2) is 0 Å². The summed E-state index contributed by atoms with van der Waals surface area (Å²) in [5.41, 5.74) is 4.46. The molecule has 0 radical (unpaired) electrons. The summed E-state index contributed by atoms with van der Waals surface area (Å²) in [5.74, 6) is 0.901. The second-order valence-electron chi connectivity index (χ2n) is 6.55. The fourth-order valence-corrected chi connectivity index (χ4v) is 3.64. The van der Waals surface area contributed by atoms with E-state index in [4.69, 9.17) is 4.42 Å². The lowest BCUT2D eigenvalue weighted by molar-refractivity contribution is 0.488. The Kier molecular flexibility index (Phi) is 3.83. The molecule has 0 saturated carbocycles. The van der Waals surface area contributed by atoms with E-state index in [1.165, 1.54) is 16.7 Å². The number of rotatable bonds is 4. The van der Waals surface area contributed by atoms with Crippen molar-refractivity contribution in [1.29, 1.82) is 0 Å². The highest BCUT2D eigenvalue weighted by Crippen LogP contribution is 2.36. The van der Waals surface area contributed by atoms with Gasteiger partial charge in [0.1, 0.15) is 17.4 Å². The molecule has 0 bridgehead atoms. The second kappa shape index (κ2) is 6.61. The van der Waals surface area contributed by atoms with Crippen molar-refractivity contribution in [3.63, 3.8) is 0 Å². The molecule has 130 valence electrons. The summed E-state index contributed by atoms with van der Waals surface area (Å²) >= 11 is 0. The maximum absolute atomic E-state index is 6.25. The van der Waals surface area contributed by atoms with Crippen LogP contribution in [0.25, 0.3) is 22.1 Å². The minimum Gasteiger partial charge on any atom is -0.458 e. The molecule has 0 aliphatic rings. The number of aromatic nitrogens is 2. The first-order valence-electron chi connectivity index (χ1n) is 9.00. The summed E-state index contributed by atoms with van der Waals surface area (Å²) in [5, 5.41) is 1.11. The third kappa shape index (κ3) is 2.83. The standard InChI is InChI=1S/C24H18N2O/c1-2-8-18(9-3-1)20-11-5-6-12-21(20)24(26-15-14-25-17-26)23-16-19-10-4-7-13-22(19)27-23/h1-17,24H. The lowest BCUT2D eigenvalue weighted by atomic mass is 9.93. The summed E-state index contributed by atoms with van der Waals surface area (Å²) in [6.07, 6.45) is 5.64. The maximum Gasteiger partial charge on any atom is 0.134 e. The summed E-state index contributed by atoms with van der Waals surface area (Å²) in [6, 6.07) is 29.1. The highest BCUT2D eigenvalue weighted by Gasteiger charge is 2.23. The Balaban J connectivity index is 1.74. The second-order valence-corrected chi connectivity index (χ2v) is 6.55. The first kappa shape index (κ1) is 15.6. The first-order valence-corrected chi connectivity index (χ1v) is 9.00. The molecular formula is C24H18N2O. The molecule has 0 saturated heterocycles. The number of fused-ring (bicyclic) bond motifs is 1. The Morgan fingerprint density at radius 1 is 0.815 bits per heavy atom. The van der Waals surface area contributed by atoms with Gasteiger partial charge in [-0.3, -0.25) is 0 Å². The molecule has 0 aliphatic carbocycles. The predicted molar refractivity (Wildman–Crippen MR) is 108 cm³/mol. The van der Waals surface area contributed by atoms with E-state index in [1.54, 1.807) is 6.20 Å². The monoisotopic (exact) mass is 350 g/mol. The molecule has 1 atom stereocenters. The van der Waals surface area contributed by atoms with Crippen molar-refractivity contribution in [2.24, 2.45) is 0 Å². The Labute approximate surface area is 157 Å². The normalized spacial score (nSPS) is 12.3. The van der Waals surface area contributed by atoms with Crippen molar-refractivity contribution < 1.29 is 4.42 Å². The van der Waals surface area contributed by atoms with E-state index in [2.05, 4.69) is 70.2 Å². The number of hydrogen-bond acceptors (Lipinski definition) is 2. The molecule has 27 heavy (non-hydrogen) atoms. The number of para-hydroxylation sites is 1. The average molecular weight is 350 g/mol. The van der Waals surface area contributed by atoms with Crippen molar-refractivity contribution in [2.75, 3.05) is 0 Å². The Morgan fingerprint density at radius 2 is 1.59 bits per heavy atom. The van der Waals surface area contributed by atoms with Crippen LogP contribution in [0.2, 0.25) is 0 Å². The molecule has 0 fully saturated rings. The van der Waals surface area contributed by atoms with E-state index in [0.29, 0.717) is 0 Å². The van der Waals surface area contributed by atoms with Crippen LogP contribution in [0, 0.1) is 0 Å². The number of nitrogens with zero attached hydrogens (tertiary/aromatic N) is 2.